The number of ether oxygens (including phenoxy) is 1. The maximum atomic E-state index is 5.77. The number of imidazole rings is 1. The van der Waals surface area contributed by atoms with Gasteiger partial charge in [-0.1, -0.05) is 48.5 Å². The van der Waals surface area contributed by atoms with Crippen molar-refractivity contribution in [3.63, 3.8) is 0 Å². The van der Waals surface area contributed by atoms with Crippen LogP contribution in [-0.2, 0) is 4.74 Å². The molecule has 1 saturated heterocycles. The lowest BCUT2D eigenvalue weighted by atomic mass is 10.0. The average molecular weight is 357 g/mol. The van der Waals surface area contributed by atoms with Gasteiger partial charge in [-0.05, 0) is 31.4 Å². The summed E-state index contributed by atoms with van der Waals surface area (Å²) >= 11 is 0. The maximum Gasteiger partial charge on any atom is 0.0978 e. The summed E-state index contributed by atoms with van der Waals surface area (Å²) in [7, 11) is 0. The molecule has 1 atom stereocenters. The summed E-state index contributed by atoms with van der Waals surface area (Å²) in [6.45, 7) is 3.80. The van der Waals surface area contributed by atoms with Crippen molar-refractivity contribution in [2.24, 2.45) is 0 Å². The van der Waals surface area contributed by atoms with Crippen LogP contribution < -0.4 is 0 Å². The minimum Gasteiger partial charge on any atom is -0.379 e. The fourth-order valence-corrected chi connectivity index (χ4v) is 4.15. The molecule has 1 aliphatic heterocycles. The summed E-state index contributed by atoms with van der Waals surface area (Å²) in [6.07, 6.45) is 4.20. The highest BCUT2D eigenvalue weighted by Crippen LogP contribution is 2.38. The lowest BCUT2D eigenvalue weighted by Crippen LogP contribution is -2.21. The molecule has 4 aromatic rings. The molecule has 0 unspecified atom stereocenters. The van der Waals surface area contributed by atoms with Crippen molar-refractivity contribution in [2.45, 2.75) is 25.8 Å². The third-order valence-corrected chi connectivity index (χ3v) is 5.57. The van der Waals surface area contributed by atoms with Gasteiger partial charge in [0.1, 0.15) is 0 Å². The van der Waals surface area contributed by atoms with E-state index in [4.69, 9.17) is 9.72 Å². The zero-order valence-electron chi connectivity index (χ0n) is 15.5. The standard InChI is InChI=1S/C23H23N3O/c1-16-19-11-5-6-12-20(19)25-21(16)23-22(17-8-3-2-4-9-17)24-15-26(23)18-10-7-13-27-14-18/h2-6,8-9,11-12,15,18,25H,7,10,13-14H2,1H3/t18-/m0/s1. The zero-order valence-corrected chi connectivity index (χ0v) is 15.5. The highest BCUT2D eigenvalue weighted by atomic mass is 16.5. The summed E-state index contributed by atoms with van der Waals surface area (Å²) < 4.78 is 8.09. The number of fused-ring (bicyclic) bond motifs is 1. The predicted molar refractivity (Wildman–Crippen MR) is 109 cm³/mol. The highest BCUT2D eigenvalue weighted by Gasteiger charge is 2.25. The first-order valence-electron chi connectivity index (χ1n) is 9.60. The van der Waals surface area contributed by atoms with Crippen LogP contribution in [0.2, 0.25) is 0 Å². The van der Waals surface area contributed by atoms with Crippen LogP contribution in [0.4, 0.5) is 0 Å². The Labute approximate surface area is 158 Å². The van der Waals surface area contributed by atoms with E-state index in [1.54, 1.807) is 0 Å². The summed E-state index contributed by atoms with van der Waals surface area (Å²) in [4.78, 5) is 8.49. The van der Waals surface area contributed by atoms with E-state index in [0.717, 1.165) is 54.2 Å². The van der Waals surface area contributed by atoms with Crippen molar-refractivity contribution in [1.82, 2.24) is 14.5 Å². The van der Waals surface area contributed by atoms with Crippen LogP contribution in [-0.4, -0.2) is 27.7 Å². The largest absolute Gasteiger partial charge is 0.379 e. The molecule has 2 aromatic heterocycles. The van der Waals surface area contributed by atoms with E-state index >= 15 is 0 Å². The molecule has 1 fully saturated rings. The molecule has 0 saturated carbocycles. The number of nitrogens with zero attached hydrogens (tertiary/aromatic N) is 2. The number of aryl methyl sites for hydroxylation is 1. The number of nitrogens with one attached hydrogen (secondary N) is 1. The van der Waals surface area contributed by atoms with Crippen LogP contribution in [0.5, 0.6) is 0 Å². The van der Waals surface area contributed by atoms with Crippen LogP contribution in [0.25, 0.3) is 33.5 Å². The Morgan fingerprint density at radius 3 is 2.67 bits per heavy atom. The van der Waals surface area contributed by atoms with Crippen molar-refractivity contribution in [3.8, 4) is 22.6 Å². The topological polar surface area (TPSA) is 42.8 Å². The molecule has 1 N–H and O–H groups in total. The number of hydrogen-bond donors (Lipinski definition) is 1. The molecule has 27 heavy (non-hydrogen) atoms. The van der Waals surface area contributed by atoms with Crippen LogP contribution in [0, 0.1) is 6.92 Å². The number of para-hydroxylation sites is 1. The second-order valence-corrected chi connectivity index (χ2v) is 7.26. The van der Waals surface area contributed by atoms with E-state index in [1.807, 2.05) is 12.4 Å². The molecule has 136 valence electrons. The van der Waals surface area contributed by atoms with Crippen LogP contribution >= 0.6 is 0 Å². The second kappa shape index (κ2) is 6.71. The molecule has 3 heterocycles. The summed E-state index contributed by atoms with van der Waals surface area (Å²) in [5.74, 6) is 0. The Morgan fingerprint density at radius 2 is 1.89 bits per heavy atom. The van der Waals surface area contributed by atoms with Crippen molar-refractivity contribution in [2.75, 3.05) is 13.2 Å². The number of benzene rings is 2. The van der Waals surface area contributed by atoms with Gasteiger partial charge < -0.3 is 14.3 Å². The molecule has 0 amide bonds. The average Bonchev–Trinajstić information content (AvgIpc) is 3.31. The molecular formula is C23H23N3O. The number of rotatable bonds is 3. The third kappa shape index (κ3) is 2.77. The molecular weight excluding hydrogens is 334 g/mol. The smallest absolute Gasteiger partial charge is 0.0978 e. The van der Waals surface area contributed by atoms with Crippen LogP contribution in [0.15, 0.2) is 60.9 Å². The van der Waals surface area contributed by atoms with E-state index in [2.05, 4.69) is 65.0 Å². The normalized spacial score (nSPS) is 17.4. The zero-order chi connectivity index (χ0) is 18.2. The maximum absolute atomic E-state index is 5.77. The van der Waals surface area contributed by atoms with Gasteiger partial charge >= 0.3 is 0 Å². The first-order valence-corrected chi connectivity index (χ1v) is 9.60. The molecule has 1 aliphatic rings. The van der Waals surface area contributed by atoms with Gasteiger partial charge in [-0.25, -0.2) is 4.98 Å². The molecule has 0 bridgehead atoms. The van der Waals surface area contributed by atoms with Crippen molar-refractivity contribution in [1.29, 1.82) is 0 Å². The number of H-pyrrole nitrogens is 1. The molecule has 2 aromatic carbocycles. The van der Waals surface area contributed by atoms with E-state index in [1.165, 1.54) is 10.9 Å². The number of aromatic amines is 1. The van der Waals surface area contributed by atoms with Gasteiger partial charge in [0.2, 0.25) is 0 Å². The fourth-order valence-electron chi connectivity index (χ4n) is 4.15. The van der Waals surface area contributed by atoms with E-state index < -0.39 is 0 Å². The molecule has 5 rings (SSSR count). The molecule has 4 heteroatoms. The Morgan fingerprint density at radius 1 is 1.07 bits per heavy atom. The minimum absolute atomic E-state index is 0.324. The van der Waals surface area contributed by atoms with E-state index in [0.29, 0.717) is 6.04 Å². The van der Waals surface area contributed by atoms with Gasteiger partial charge in [-0.15, -0.1) is 0 Å². The predicted octanol–water partition coefficient (Wildman–Crippen LogP) is 5.36. The van der Waals surface area contributed by atoms with Gasteiger partial charge in [-0.3, -0.25) is 0 Å². The monoisotopic (exact) mass is 357 g/mol. The second-order valence-electron chi connectivity index (χ2n) is 7.26. The number of hydrogen-bond acceptors (Lipinski definition) is 2. The first kappa shape index (κ1) is 16.3. The van der Waals surface area contributed by atoms with Crippen LogP contribution in [0.3, 0.4) is 0 Å². The SMILES string of the molecule is Cc1c(-c2c(-c3ccccc3)ncn2[C@H]2CCCOC2)[nH]c2ccccc12. The quantitative estimate of drug-likeness (QED) is 0.536. The fraction of sp³-hybridized carbons (Fsp3) is 0.261. The molecule has 0 spiro atoms. The number of aromatic nitrogens is 3. The Balaban J connectivity index is 1.74. The molecule has 0 aliphatic carbocycles. The van der Waals surface area contributed by atoms with Gasteiger partial charge in [0, 0.05) is 23.1 Å². The van der Waals surface area contributed by atoms with Gasteiger partial charge in [0.05, 0.1) is 36.1 Å². The summed E-state index contributed by atoms with van der Waals surface area (Å²) in [6, 6.07) is 19.3. The lowest BCUT2D eigenvalue weighted by Gasteiger charge is -2.25. The summed E-state index contributed by atoms with van der Waals surface area (Å²) in [5, 5.41) is 1.26. The lowest BCUT2D eigenvalue weighted by molar-refractivity contribution is 0.0596. The highest BCUT2D eigenvalue weighted by molar-refractivity contribution is 5.92. The van der Waals surface area contributed by atoms with Crippen molar-refractivity contribution in [3.05, 3.63) is 66.5 Å². The van der Waals surface area contributed by atoms with Crippen LogP contribution in [0.1, 0.15) is 24.4 Å². The van der Waals surface area contributed by atoms with Crippen molar-refractivity contribution < 1.29 is 4.74 Å². The van der Waals surface area contributed by atoms with Crippen molar-refractivity contribution >= 4 is 10.9 Å². The Bertz CT molecular complexity index is 1070. The van der Waals surface area contributed by atoms with Gasteiger partial charge in [0.25, 0.3) is 0 Å². The third-order valence-electron chi connectivity index (χ3n) is 5.57. The van der Waals surface area contributed by atoms with E-state index in [-0.39, 0.29) is 0 Å². The van der Waals surface area contributed by atoms with E-state index in [9.17, 15) is 0 Å². The molecule has 4 nitrogen and oxygen atoms in total. The first-order chi connectivity index (χ1) is 13.3. The minimum atomic E-state index is 0.324. The van der Waals surface area contributed by atoms with Gasteiger partial charge in [-0.2, -0.15) is 0 Å². The molecule has 0 radical (unpaired) electrons. The Kier molecular flexibility index (Phi) is 4.06. The summed E-state index contributed by atoms with van der Waals surface area (Å²) in [5.41, 5.74) is 6.90. The van der Waals surface area contributed by atoms with Gasteiger partial charge in [0.15, 0.2) is 0 Å². The Hall–Kier alpha value is -2.85.